The Hall–Kier alpha value is -3.62. The quantitative estimate of drug-likeness (QED) is 0.138. The van der Waals surface area contributed by atoms with Crippen LogP contribution in [0.2, 0.25) is 0 Å². The van der Waals surface area contributed by atoms with Gasteiger partial charge in [-0.1, -0.05) is 35.4 Å². The SMILES string of the molecule is CCN(CC)C(=O)C(C)(C)c1ccc2[nH]c(-c3cc(C)cc(C)c3)c(CCNC(C)CCc3ccc(NS(C)(=O)=O)cc3)c2c1. The molecule has 45 heavy (non-hydrogen) atoms. The summed E-state index contributed by atoms with van der Waals surface area (Å²) in [4.78, 5) is 19.2. The molecule has 1 amide bonds. The molecule has 1 aromatic heterocycles. The molecule has 7 nitrogen and oxygen atoms in total. The molecule has 0 aliphatic heterocycles. The van der Waals surface area contributed by atoms with Crippen molar-refractivity contribution >= 4 is 32.5 Å². The van der Waals surface area contributed by atoms with E-state index in [-0.39, 0.29) is 5.91 Å². The molecular weight excluding hydrogens is 580 g/mol. The number of fused-ring (bicyclic) bond motifs is 1. The number of carbonyl (C=O) groups is 1. The maximum atomic E-state index is 13.5. The number of aromatic amines is 1. The normalized spacial score (nSPS) is 12.8. The van der Waals surface area contributed by atoms with Gasteiger partial charge in [-0.25, -0.2) is 8.42 Å². The minimum atomic E-state index is -3.28. The number of hydrogen-bond donors (Lipinski definition) is 3. The number of nitrogens with one attached hydrogen (secondary N) is 3. The Labute approximate surface area is 269 Å². The van der Waals surface area contributed by atoms with E-state index < -0.39 is 15.4 Å². The van der Waals surface area contributed by atoms with Crippen molar-refractivity contribution in [1.82, 2.24) is 15.2 Å². The third kappa shape index (κ3) is 8.56. The van der Waals surface area contributed by atoms with Gasteiger partial charge >= 0.3 is 0 Å². The number of sulfonamides is 1. The molecule has 0 saturated carbocycles. The Morgan fingerprint density at radius 2 is 1.58 bits per heavy atom. The first kappa shape index (κ1) is 34.3. The van der Waals surface area contributed by atoms with Gasteiger partial charge in [-0.3, -0.25) is 9.52 Å². The van der Waals surface area contributed by atoms with Crippen LogP contribution in [0.15, 0.2) is 60.7 Å². The zero-order valence-electron chi connectivity index (χ0n) is 28.2. The highest BCUT2D eigenvalue weighted by molar-refractivity contribution is 7.92. The zero-order chi connectivity index (χ0) is 32.9. The second kappa shape index (κ2) is 14.2. The van der Waals surface area contributed by atoms with Gasteiger partial charge in [0.25, 0.3) is 0 Å². The van der Waals surface area contributed by atoms with Crippen molar-refractivity contribution in [2.24, 2.45) is 0 Å². The van der Waals surface area contributed by atoms with Crippen LogP contribution in [0.4, 0.5) is 5.69 Å². The smallest absolute Gasteiger partial charge is 0.232 e. The topological polar surface area (TPSA) is 94.3 Å². The lowest BCUT2D eigenvalue weighted by Gasteiger charge is -2.31. The van der Waals surface area contributed by atoms with Crippen LogP contribution in [-0.4, -0.2) is 56.1 Å². The summed E-state index contributed by atoms with van der Waals surface area (Å²) in [6.45, 7) is 16.8. The summed E-state index contributed by atoms with van der Waals surface area (Å²) in [5, 5.41) is 4.89. The summed E-state index contributed by atoms with van der Waals surface area (Å²) >= 11 is 0. The molecule has 0 radical (unpaired) electrons. The molecule has 1 unspecified atom stereocenters. The van der Waals surface area contributed by atoms with E-state index in [4.69, 9.17) is 0 Å². The summed E-state index contributed by atoms with van der Waals surface area (Å²) in [6.07, 6.45) is 3.85. The lowest BCUT2D eigenvalue weighted by atomic mass is 9.82. The Morgan fingerprint density at radius 3 is 2.18 bits per heavy atom. The molecule has 0 aliphatic rings. The maximum Gasteiger partial charge on any atom is 0.232 e. The van der Waals surface area contributed by atoms with E-state index in [1.54, 1.807) is 0 Å². The largest absolute Gasteiger partial charge is 0.354 e. The predicted octanol–water partition coefficient (Wildman–Crippen LogP) is 7.12. The predicted molar refractivity (Wildman–Crippen MR) is 189 cm³/mol. The minimum absolute atomic E-state index is 0.148. The highest BCUT2D eigenvalue weighted by Gasteiger charge is 2.33. The van der Waals surface area contributed by atoms with Crippen molar-refractivity contribution < 1.29 is 13.2 Å². The van der Waals surface area contributed by atoms with E-state index >= 15 is 0 Å². The van der Waals surface area contributed by atoms with E-state index in [9.17, 15) is 13.2 Å². The molecule has 4 rings (SSSR count). The number of benzene rings is 3. The Bertz CT molecular complexity index is 1720. The van der Waals surface area contributed by atoms with Gasteiger partial charge in [0.1, 0.15) is 0 Å². The number of carbonyl (C=O) groups excluding carboxylic acids is 1. The number of hydrogen-bond acceptors (Lipinski definition) is 4. The van der Waals surface area contributed by atoms with Gasteiger partial charge in [0.2, 0.25) is 15.9 Å². The molecule has 3 N–H and O–H groups in total. The lowest BCUT2D eigenvalue weighted by Crippen LogP contribution is -2.43. The van der Waals surface area contributed by atoms with Crippen molar-refractivity contribution in [3.05, 3.63) is 88.5 Å². The molecule has 0 fully saturated rings. The van der Waals surface area contributed by atoms with Crippen molar-refractivity contribution in [3.8, 4) is 11.3 Å². The van der Waals surface area contributed by atoms with Crippen LogP contribution in [0, 0.1) is 13.8 Å². The fraction of sp³-hybridized carbons (Fsp3) is 0.432. The third-order valence-electron chi connectivity index (χ3n) is 8.71. The fourth-order valence-corrected chi connectivity index (χ4v) is 6.74. The van der Waals surface area contributed by atoms with Crippen LogP contribution >= 0.6 is 0 Å². The number of amides is 1. The molecule has 0 aliphatic carbocycles. The summed E-state index contributed by atoms with van der Waals surface area (Å²) in [6, 6.07) is 21.0. The number of likely N-dealkylation sites (N-methyl/N-ethyl adjacent to an activating group) is 1. The van der Waals surface area contributed by atoms with Crippen molar-refractivity contribution in [3.63, 3.8) is 0 Å². The molecule has 0 spiro atoms. The van der Waals surface area contributed by atoms with Gasteiger partial charge in [-0.05, 0) is 133 Å². The van der Waals surface area contributed by atoms with Crippen molar-refractivity contribution in [2.75, 3.05) is 30.6 Å². The highest BCUT2D eigenvalue weighted by atomic mass is 32.2. The maximum absolute atomic E-state index is 13.5. The van der Waals surface area contributed by atoms with Crippen LogP contribution < -0.4 is 10.0 Å². The van der Waals surface area contributed by atoms with E-state index in [0.717, 1.165) is 48.8 Å². The molecular formula is C37H50N4O3S. The number of aromatic nitrogens is 1. The third-order valence-corrected chi connectivity index (χ3v) is 9.32. The monoisotopic (exact) mass is 630 g/mol. The summed E-state index contributed by atoms with van der Waals surface area (Å²) < 4.78 is 25.5. The second-order valence-corrected chi connectivity index (χ2v) is 14.7. The molecule has 1 atom stereocenters. The van der Waals surface area contributed by atoms with E-state index in [1.165, 1.54) is 33.2 Å². The standard InChI is InChI=1S/C37H50N4O3S/c1-9-41(10-2)36(42)37(6,7)30-15-18-34-33(24-30)32(35(39-34)29-22-25(3)21-26(4)23-29)19-20-38-27(5)11-12-28-13-16-31(17-14-28)40-45(8,43)44/h13-18,21-24,27,38-40H,9-12,19-20H2,1-8H3. The average molecular weight is 631 g/mol. The van der Waals surface area contributed by atoms with Gasteiger partial charge in [0, 0.05) is 41.4 Å². The average Bonchev–Trinajstić information content (AvgIpc) is 3.34. The highest BCUT2D eigenvalue weighted by Crippen LogP contribution is 2.35. The van der Waals surface area contributed by atoms with Crippen LogP contribution in [-0.2, 0) is 33.1 Å². The number of aryl methyl sites for hydroxylation is 3. The van der Waals surface area contributed by atoms with Gasteiger partial charge in [0.15, 0.2) is 0 Å². The molecule has 0 saturated heterocycles. The molecule has 242 valence electrons. The van der Waals surface area contributed by atoms with Gasteiger partial charge in [-0.15, -0.1) is 0 Å². The summed E-state index contributed by atoms with van der Waals surface area (Å²) in [7, 11) is -3.28. The van der Waals surface area contributed by atoms with Crippen LogP contribution in [0.3, 0.4) is 0 Å². The fourth-order valence-electron chi connectivity index (χ4n) is 6.17. The Kier molecular flexibility index (Phi) is 10.8. The minimum Gasteiger partial charge on any atom is -0.354 e. The lowest BCUT2D eigenvalue weighted by molar-refractivity contribution is -0.135. The summed E-state index contributed by atoms with van der Waals surface area (Å²) in [5.41, 5.74) is 9.26. The number of nitrogens with zero attached hydrogens (tertiary/aromatic N) is 1. The summed E-state index contributed by atoms with van der Waals surface area (Å²) in [5.74, 6) is 0.148. The van der Waals surface area contributed by atoms with Crippen molar-refractivity contribution in [2.45, 2.75) is 79.2 Å². The first-order chi connectivity index (χ1) is 21.2. The molecule has 1 heterocycles. The van der Waals surface area contributed by atoms with Gasteiger partial charge in [-0.2, -0.15) is 0 Å². The zero-order valence-corrected chi connectivity index (χ0v) is 29.0. The number of H-pyrrole nitrogens is 1. The van der Waals surface area contributed by atoms with Crippen molar-refractivity contribution in [1.29, 1.82) is 0 Å². The molecule has 3 aromatic carbocycles. The van der Waals surface area contributed by atoms with E-state index in [2.05, 4.69) is 72.2 Å². The molecule has 0 bridgehead atoms. The van der Waals surface area contributed by atoms with Gasteiger partial charge < -0.3 is 15.2 Å². The molecule has 8 heteroatoms. The first-order valence-electron chi connectivity index (χ1n) is 16.0. The first-order valence-corrected chi connectivity index (χ1v) is 17.9. The van der Waals surface area contributed by atoms with E-state index in [1.807, 2.05) is 56.9 Å². The Balaban J connectivity index is 1.55. The second-order valence-electron chi connectivity index (χ2n) is 12.9. The van der Waals surface area contributed by atoms with Crippen LogP contribution in [0.5, 0.6) is 0 Å². The van der Waals surface area contributed by atoms with Crippen LogP contribution in [0.1, 0.15) is 68.9 Å². The van der Waals surface area contributed by atoms with Gasteiger partial charge in [0.05, 0.1) is 11.7 Å². The Morgan fingerprint density at radius 1 is 0.933 bits per heavy atom. The number of rotatable bonds is 14. The molecule has 4 aromatic rings. The number of anilines is 1. The van der Waals surface area contributed by atoms with Crippen LogP contribution in [0.25, 0.3) is 22.2 Å². The van der Waals surface area contributed by atoms with E-state index in [0.29, 0.717) is 24.8 Å².